The van der Waals surface area contributed by atoms with Crippen LogP contribution >= 0.6 is 0 Å². The summed E-state index contributed by atoms with van der Waals surface area (Å²) < 4.78 is 1.95. The van der Waals surface area contributed by atoms with Crippen LogP contribution in [-0.4, -0.2) is 34.2 Å². The minimum Gasteiger partial charge on any atom is -0.355 e. The molecule has 0 aliphatic carbocycles. The Hall–Kier alpha value is -1.62. The molecule has 0 aromatic carbocycles. The Morgan fingerprint density at radius 2 is 2.30 bits per heavy atom. The molecular weight excluding hydrogens is 250 g/mol. The third-order valence-corrected chi connectivity index (χ3v) is 4.14. The van der Waals surface area contributed by atoms with E-state index in [1.165, 1.54) is 6.42 Å². The molecule has 1 unspecified atom stereocenters. The number of rotatable bonds is 4. The molecule has 2 aromatic rings. The Bertz CT molecular complexity index is 589. The predicted octanol–water partition coefficient (Wildman–Crippen LogP) is 2.03. The standard InChI is InChI=1S/C15H23N5/c1-11(2)13-9-14-15(17-6-8-20(14)18-13)19-7-4-12(10-19)3-5-16/h6,8-9,11-12H,3-5,7,10,16H2,1-2H3. The second kappa shape index (κ2) is 5.40. The van der Waals surface area contributed by atoms with Crippen LogP contribution in [0.25, 0.3) is 5.52 Å². The molecule has 1 atom stereocenters. The van der Waals surface area contributed by atoms with E-state index < -0.39 is 0 Å². The summed E-state index contributed by atoms with van der Waals surface area (Å²) in [5.41, 5.74) is 7.91. The number of anilines is 1. The van der Waals surface area contributed by atoms with Crippen molar-refractivity contribution in [1.29, 1.82) is 0 Å². The number of nitrogens with two attached hydrogens (primary N) is 1. The maximum atomic E-state index is 5.67. The van der Waals surface area contributed by atoms with Crippen molar-refractivity contribution in [3.05, 3.63) is 24.2 Å². The molecule has 108 valence electrons. The summed E-state index contributed by atoms with van der Waals surface area (Å²) in [5, 5.41) is 4.63. The van der Waals surface area contributed by atoms with Crippen LogP contribution < -0.4 is 10.6 Å². The minimum absolute atomic E-state index is 0.436. The van der Waals surface area contributed by atoms with Gasteiger partial charge in [0, 0.05) is 25.5 Å². The molecule has 0 saturated carbocycles. The van der Waals surface area contributed by atoms with Crippen LogP contribution in [0.15, 0.2) is 18.5 Å². The van der Waals surface area contributed by atoms with Gasteiger partial charge in [0.05, 0.1) is 5.69 Å². The largest absolute Gasteiger partial charge is 0.355 e. The Kier molecular flexibility index (Phi) is 3.61. The van der Waals surface area contributed by atoms with Crippen LogP contribution in [-0.2, 0) is 0 Å². The van der Waals surface area contributed by atoms with Crippen LogP contribution in [0.1, 0.15) is 38.3 Å². The van der Waals surface area contributed by atoms with Gasteiger partial charge < -0.3 is 10.6 Å². The van der Waals surface area contributed by atoms with E-state index in [0.717, 1.165) is 43.1 Å². The lowest BCUT2D eigenvalue weighted by Crippen LogP contribution is -2.22. The van der Waals surface area contributed by atoms with Crippen molar-refractivity contribution >= 4 is 11.3 Å². The first-order valence-electron chi connectivity index (χ1n) is 7.48. The summed E-state index contributed by atoms with van der Waals surface area (Å²) in [6, 6.07) is 2.17. The number of aromatic nitrogens is 3. The minimum atomic E-state index is 0.436. The van der Waals surface area contributed by atoms with E-state index in [0.29, 0.717) is 11.8 Å². The van der Waals surface area contributed by atoms with E-state index in [9.17, 15) is 0 Å². The van der Waals surface area contributed by atoms with E-state index in [-0.39, 0.29) is 0 Å². The van der Waals surface area contributed by atoms with E-state index in [2.05, 4.69) is 34.9 Å². The quantitative estimate of drug-likeness (QED) is 0.926. The summed E-state index contributed by atoms with van der Waals surface area (Å²) in [6.45, 7) is 7.25. The van der Waals surface area contributed by atoms with Crippen LogP contribution in [0.4, 0.5) is 5.82 Å². The first kappa shape index (κ1) is 13.4. The Morgan fingerprint density at radius 3 is 3.05 bits per heavy atom. The van der Waals surface area contributed by atoms with Crippen molar-refractivity contribution in [2.75, 3.05) is 24.5 Å². The zero-order valence-electron chi connectivity index (χ0n) is 12.3. The lowest BCUT2D eigenvalue weighted by Gasteiger charge is -2.18. The summed E-state index contributed by atoms with van der Waals surface area (Å²) in [7, 11) is 0. The van der Waals surface area contributed by atoms with Crippen molar-refractivity contribution in [3.63, 3.8) is 0 Å². The van der Waals surface area contributed by atoms with Crippen molar-refractivity contribution in [2.24, 2.45) is 11.7 Å². The molecule has 1 aliphatic rings. The number of hydrogen-bond donors (Lipinski definition) is 1. The van der Waals surface area contributed by atoms with Crippen LogP contribution in [0.5, 0.6) is 0 Å². The molecule has 1 fully saturated rings. The molecule has 1 saturated heterocycles. The lowest BCUT2D eigenvalue weighted by molar-refractivity contribution is 0.546. The van der Waals surface area contributed by atoms with Gasteiger partial charge in [0.15, 0.2) is 5.82 Å². The van der Waals surface area contributed by atoms with Crippen molar-refractivity contribution in [1.82, 2.24) is 14.6 Å². The highest BCUT2D eigenvalue weighted by Gasteiger charge is 2.24. The fourth-order valence-electron chi connectivity index (χ4n) is 2.95. The topological polar surface area (TPSA) is 59.5 Å². The van der Waals surface area contributed by atoms with Crippen LogP contribution in [0.2, 0.25) is 0 Å². The van der Waals surface area contributed by atoms with Gasteiger partial charge in [-0.25, -0.2) is 9.50 Å². The molecule has 3 heterocycles. The Balaban J connectivity index is 1.92. The van der Waals surface area contributed by atoms with E-state index in [1.54, 1.807) is 0 Å². The normalized spacial score (nSPS) is 19.4. The van der Waals surface area contributed by atoms with Crippen molar-refractivity contribution in [3.8, 4) is 0 Å². The maximum absolute atomic E-state index is 5.67. The molecule has 2 aromatic heterocycles. The third kappa shape index (κ3) is 2.38. The highest BCUT2D eigenvalue weighted by atomic mass is 15.3. The van der Waals surface area contributed by atoms with Crippen LogP contribution in [0.3, 0.4) is 0 Å². The Labute approximate surface area is 119 Å². The van der Waals surface area contributed by atoms with E-state index in [1.807, 2.05) is 16.9 Å². The molecule has 2 N–H and O–H groups in total. The highest BCUT2D eigenvalue weighted by Crippen LogP contribution is 2.28. The van der Waals surface area contributed by atoms with Gasteiger partial charge >= 0.3 is 0 Å². The molecule has 0 bridgehead atoms. The third-order valence-electron chi connectivity index (χ3n) is 4.14. The van der Waals surface area contributed by atoms with Gasteiger partial charge in [-0.05, 0) is 37.3 Å². The SMILES string of the molecule is CC(C)c1cc2c(N3CCC(CCN)C3)nccn2n1. The van der Waals surface area contributed by atoms with Gasteiger partial charge in [0.1, 0.15) is 5.52 Å². The predicted molar refractivity (Wildman–Crippen MR) is 81.1 cm³/mol. The summed E-state index contributed by atoms with van der Waals surface area (Å²) in [6.07, 6.45) is 6.09. The first-order valence-corrected chi connectivity index (χ1v) is 7.48. The fraction of sp³-hybridized carbons (Fsp3) is 0.600. The fourth-order valence-corrected chi connectivity index (χ4v) is 2.95. The van der Waals surface area contributed by atoms with Gasteiger partial charge in [0.2, 0.25) is 0 Å². The monoisotopic (exact) mass is 273 g/mol. The van der Waals surface area contributed by atoms with Gasteiger partial charge in [-0.15, -0.1) is 0 Å². The average Bonchev–Trinajstić information content (AvgIpc) is 3.04. The van der Waals surface area contributed by atoms with E-state index in [4.69, 9.17) is 5.73 Å². The second-order valence-electron chi connectivity index (χ2n) is 5.98. The molecule has 0 radical (unpaired) electrons. The average molecular weight is 273 g/mol. The van der Waals surface area contributed by atoms with Gasteiger partial charge in [0.25, 0.3) is 0 Å². The number of nitrogens with zero attached hydrogens (tertiary/aromatic N) is 4. The zero-order chi connectivity index (χ0) is 14.1. The van der Waals surface area contributed by atoms with Gasteiger partial charge in [-0.2, -0.15) is 5.10 Å². The number of fused-ring (bicyclic) bond motifs is 1. The Morgan fingerprint density at radius 1 is 1.45 bits per heavy atom. The molecule has 5 nitrogen and oxygen atoms in total. The number of hydrogen-bond acceptors (Lipinski definition) is 4. The summed E-state index contributed by atoms with van der Waals surface area (Å²) in [4.78, 5) is 6.97. The summed E-state index contributed by atoms with van der Waals surface area (Å²) in [5.74, 6) is 2.20. The molecule has 0 spiro atoms. The van der Waals surface area contributed by atoms with Crippen LogP contribution in [0, 0.1) is 5.92 Å². The van der Waals surface area contributed by atoms with Gasteiger partial charge in [-0.1, -0.05) is 13.8 Å². The second-order valence-corrected chi connectivity index (χ2v) is 5.98. The van der Waals surface area contributed by atoms with Gasteiger partial charge in [-0.3, -0.25) is 0 Å². The molecular formula is C15H23N5. The molecule has 20 heavy (non-hydrogen) atoms. The smallest absolute Gasteiger partial charge is 0.154 e. The maximum Gasteiger partial charge on any atom is 0.154 e. The van der Waals surface area contributed by atoms with E-state index >= 15 is 0 Å². The van der Waals surface area contributed by atoms with Crippen molar-refractivity contribution in [2.45, 2.75) is 32.6 Å². The molecule has 1 aliphatic heterocycles. The summed E-state index contributed by atoms with van der Waals surface area (Å²) >= 11 is 0. The molecule has 5 heteroatoms. The zero-order valence-corrected chi connectivity index (χ0v) is 12.3. The lowest BCUT2D eigenvalue weighted by atomic mass is 10.1. The molecule has 3 rings (SSSR count). The molecule has 0 amide bonds. The highest BCUT2D eigenvalue weighted by molar-refractivity contribution is 5.69. The first-order chi connectivity index (χ1) is 9.69. The van der Waals surface area contributed by atoms with Crippen molar-refractivity contribution < 1.29 is 0 Å².